The number of anilines is 2. The molecule has 4 rings (SSSR count). The molecule has 1 aromatic heterocycles. The molecule has 10 heteroatoms. The molecule has 34 heavy (non-hydrogen) atoms. The summed E-state index contributed by atoms with van der Waals surface area (Å²) in [6.07, 6.45) is -0.169. The summed E-state index contributed by atoms with van der Waals surface area (Å²) in [5, 5.41) is 5.75. The number of fused-ring (bicyclic) bond motifs is 1. The van der Waals surface area contributed by atoms with E-state index in [9.17, 15) is 14.4 Å². The lowest BCUT2D eigenvalue weighted by atomic mass is 9.92. The molecule has 0 unspecified atom stereocenters. The molecule has 0 aliphatic carbocycles. The lowest BCUT2D eigenvalue weighted by Gasteiger charge is -2.24. The first-order valence-electron chi connectivity index (χ1n) is 10.5. The number of ether oxygens (including phenoxy) is 2. The monoisotopic (exact) mass is 480 g/mol. The molecule has 0 saturated carbocycles. The number of carbonyl (C=O) groups is 2. The number of aryl methyl sites for hydroxylation is 1. The fourth-order valence-electron chi connectivity index (χ4n) is 3.68. The number of methoxy groups -OCH3 is 2. The first-order chi connectivity index (χ1) is 16.4. The summed E-state index contributed by atoms with van der Waals surface area (Å²) in [6, 6.07) is 12.9. The van der Waals surface area contributed by atoms with Crippen LogP contribution in [-0.2, 0) is 15.3 Å². The van der Waals surface area contributed by atoms with Crippen LogP contribution in [0, 0.1) is 6.92 Å². The Hall–Kier alpha value is -3.79. The molecular formula is C24H24N4O5S. The maximum absolute atomic E-state index is 13.1. The van der Waals surface area contributed by atoms with Gasteiger partial charge < -0.3 is 25.1 Å². The number of H-pyrrole nitrogens is 1. The summed E-state index contributed by atoms with van der Waals surface area (Å²) in [5.41, 5.74) is 2.32. The highest BCUT2D eigenvalue weighted by atomic mass is 32.2. The van der Waals surface area contributed by atoms with Crippen molar-refractivity contribution < 1.29 is 19.1 Å². The van der Waals surface area contributed by atoms with Gasteiger partial charge in [-0.2, -0.15) is 0 Å². The molecule has 0 radical (unpaired) electrons. The summed E-state index contributed by atoms with van der Waals surface area (Å²) in [7, 11) is 3.00. The number of nitrogens with zero attached hydrogens (tertiary/aromatic N) is 1. The third kappa shape index (κ3) is 4.91. The number of amides is 2. The van der Waals surface area contributed by atoms with E-state index in [1.807, 2.05) is 31.2 Å². The molecular weight excluding hydrogens is 456 g/mol. The van der Waals surface area contributed by atoms with Gasteiger partial charge in [-0.3, -0.25) is 14.4 Å². The molecule has 3 aromatic rings. The van der Waals surface area contributed by atoms with Gasteiger partial charge in [-0.1, -0.05) is 36.0 Å². The molecule has 1 aliphatic heterocycles. The van der Waals surface area contributed by atoms with Crippen molar-refractivity contribution in [3.8, 4) is 11.5 Å². The van der Waals surface area contributed by atoms with Crippen LogP contribution in [0.5, 0.6) is 11.5 Å². The zero-order valence-corrected chi connectivity index (χ0v) is 19.7. The van der Waals surface area contributed by atoms with Gasteiger partial charge in [0.05, 0.1) is 31.4 Å². The first kappa shape index (κ1) is 23.4. The van der Waals surface area contributed by atoms with Crippen molar-refractivity contribution in [2.45, 2.75) is 30.2 Å². The van der Waals surface area contributed by atoms with Gasteiger partial charge in [0.25, 0.3) is 5.56 Å². The standard InChI is InChI=1S/C24H24N4O5S/c1-13-6-4-5-7-14(13)12-34-24-27-21-20(23(31)28-24)16(11-19(29)26-21)22(30)25-17-9-8-15(32-2)10-18(17)33-3/h4-10,16H,11-12H2,1-3H3,(H,25,30)(H2,26,27,28,29,31)/t16-/m1/s1. The highest BCUT2D eigenvalue weighted by Gasteiger charge is 2.35. The van der Waals surface area contributed by atoms with Crippen LogP contribution in [0.4, 0.5) is 11.5 Å². The fourth-order valence-corrected chi connectivity index (χ4v) is 4.62. The average molecular weight is 481 g/mol. The Morgan fingerprint density at radius 1 is 1.18 bits per heavy atom. The molecule has 2 amide bonds. The number of thioether (sulfide) groups is 1. The summed E-state index contributed by atoms with van der Waals surface area (Å²) in [5.74, 6) is -0.230. The molecule has 0 spiro atoms. The number of nitrogens with one attached hydrogen (secondary N) is 3. The molecule has 0 fully saturated rings. The molecule has 3 N–H and O–H groups in total. The zero-order valence-electron chi connectivity index (χ0n) is 18.9. The average Bonchev–Trinajstić information content (AvgIpc) is 2.83. The summed E-state index contributed by atoms with van der Waals surface area (Å²) in [4.78, 5) is 45.6. The van der Waals surface area contributed by atoms with Crippen molar-refractivity contribution in [1.29, 1.82) is 0 Å². The second-order valence-electron chi connectivity index (χ2n) is 7.71. The van der Waals surface area contributed by atoms with E-state index in [0.717, 1.165) is 11.1 Å². The van der Waals surface area contributed by atoms with Gasteiger partial charge in [0.2, 0.25) is 11.8 Å². The molecule has 0 saturated heterocycles. The van der Waals surface area contributed by atoms with Crippen molar-refractivity contribution in [2.24, 2.45) is 0 Å². The second-order valence-corrected chi connectivity index (χ2v) is 8.67. The van der Waals surface area contributed by atoms with Crippen LogP contribution in [-0.4, -0.2) is 36.0 Å². The Morgan fingerprint density at radius 2 is 1.97 bits per heavy atom. The third-order valence-electron chi connectivity index (χ3n) is 5.54. The van der Waals surface area contributed by atoms with Crippen LogP contribution in [0.25, 0.3) is 0 Å². The van der Waals surface area contributed by atoms with Crippen LogP contribution < -0.4 is 25.7 Å². The van der Waals surface area contributed by atoms with Crippen molar-refractivity contribution in [2.75, 3.05) is 24.9 Å². The van der Waals surface area contributed by atoms with E-state index in [0.29, 0.717) is 28.1 Å². The van der Waals surface area contributed by atoms with Gasteiger partial charge in [0.1, 0.15) is 17.3 Å². The molecule has 2 aromatic carbocycles. The highest BCUT2D eigenvalue weighted by Crippen LogP contribution is 2.34. The van der Waals surface area contributed by atoms with Crippen molar-refractivity contribution in [3.05, 3.63) is 69.5 Å². The first-order valence-corrected chi connectivity index (χ1v) is 11.5. The molecule has 176 valence electrons. The Morgan fingerprint density at radius 3 is 2.71 bits per heavy atom. The van der Waals surface area contributed by atoms with Crippen LogP contribution in [0.2, 0.25) is 0 Å². The van der Waals surface area contributed by atoms with Gasteiger partial charge in [0, 0.05) is 18.2 Å². The van der Waals surface area contributed by atoms with E-state index >= 15 is 0 Å². The van der Waals surface area contributed by atoms with Gasteiger partial charge in [-0.25, -0.2) is 4.98 Å². The van der Waals surface area contributed by atoms with E-state index in [1.165, 1.54) is 26.0 Å². The van der Waals surface area contributed by atoms with E-state index in [-0.39, 0.29) is 23.7 Å². The lowest BCUT2D eigenvalue weighted by molar-refractivity contribution is -0.123. The minimum Gasteiger partial charge on any atom is -0.497 e. The van der Waals surface area contributed by atoms with Crippen molar-refractivity contribution >= 4 is 35.1 Å². The van der Waals surface area contributed by atoms with Crippen LogP contribution >= 0.6 is 11.8 Å². The summed E-state index contributed by atoms with van der Waals surface area (Å²) >= 11 is 1.35. The quantitative estimate of drug-likeness (QED) is 0.350. The van der Waals surface area contributed by atoms with Crippen molar-refractivity contribution in [3.63, 3.8) is 0 Å². The SMILES string of the molecule is COc1ccc(NC(=O)[C@@H]2CC(=O)Nc3nc(SCc4ccccc4C)[nH]c(=O)c32)c(OC)c1. The predicted molar refractivity (Wildman–Crippen MR) is 130 cm³/mol. The van der Waals surface area contributed by atoms with Crippen LogP contribution in [0.3, 0.4) is 0 Å². The number of aromatic nitrogens is 2. The maximum atomic E-state index is 13.1. The molecule has 1 aliphatic rings. The summed E-state index contributed by atoms with van der Waals surface area (Å²) < 4.78 is 10.5. The minimum absolute atomic E-state index is 0.106. The Balaban J connectivity index is 1.59. The largest absolute Gasteiger partial charge is 0.497 e. The number of hydrogen-bond donors (Lipinski definition) is 3. The number of benzene rings is 2. The van der Waals surface area contributed by atoms with Gasteiger partial charge in [-0.05, 0) is 30.2 Å². The molecule has 9 nitrogen and oxygen atoms in total. The number of aromatic amines is 1. The Labute approximate surface area is 200 Å². The smallest absolute Gasteiger partial charge is 0.257 e. The van der Waals surface area contributed by atoms with Crippen LogP contribution in [0.1, 0.15) is 29.0 Å². The zero-order chi connectivity index (χ0) is 24.2. The van der Waals surface area contributed by atoms with Gasteiger partial charge in [0.15, 0.2) is 5.16 Å². The Kier molecular flexibility index (Phi) is 6.87. The normalized spacial score (nSPS) is 14.7. The second kappa shape index (κ2) is 10.0. The number of carbonyl (C=O) groups excluding carboxylic acids is 2. The minimum atomic E-state index is -0.998. The van der Waals surface area contributed by atoms with E-state index in [4.69, 9.17) is 9.47 Å². The van der Waals surface area contributed by atoms with Gasteiger partial charge in [-0.15, -0.1) is 0 Å². The Bertz CT molecular complexity index is 1310. The molecule has 2 heterocycles. The predicted octanol–water partition coefficient (Wildman–Crippen LogP) is 3.45. The maximum Gasteiger partial charge on any atom is 0.257 e. The fraction of sp³-hybridized carbons (Fsp3) is 0.250. The van der Waals surface area contributed by atoms with Crippen molar-refractivity contribution in [1.82, 2.24) is 9.97 Å². The molecule has 1 atom stereocenters. The molecule has 0 bridgehead atoms. The topological polar surface area (TPSA) is 122 Å². The van der Waals surface area contributed by atoms with E-state index in [2.05, 4.69) is 20.6 Å². The van der Waals surface area contributed by atoms with E-state index < -0.39 is 17.4 Å². The lowest BCUT2D eigenvalue weighted by Crippen LogP contribution is -2.36. The number of rotatable bonds is 7. The highest BCUT2D eigenvalue weighted by molar-refractivity contribution is 7.98. The van der Waals surface area contributed by atoms with Crippen LogP contribution in [0.15, 0.2) is 52.4 Å². The van der Waals surface area contributed by atoms with Gasteiger partial charge >= 0.3 is 0 Å². The third-order valence-corrected chi connectivity index (χ3v) is 6.46. The van der Waals surface area contributed by atoms with E-state index in [1.54, 1.807) is 18.2 Å². The summed E-state index contributed by atoms with van der Waals surface area (Å²) in [6.45, 7) is 2.01. The number of hydrogen-bond acceptors (Lipinski definition) is 7.